The van der Waals surface area contributed by atoms with E-state index < -0.39 is 0 Å². The van der Waals surface area contributed by atoms with Gasteiger partial charge in [-0.2, -0.15) is 0 Å². The van der Waals surface area contributed by atoms with Gasteiger partial charge in [0.25, 0.3) is 0 Å². The predicted octanol–water partition coefficient (Wildman–Crippen LogP) is 3.31. The van der Waals surface area contributed by atoms with Crippen LogP contribution in [0.2, 0.25) is 0 Å². The molecule has 0 spiro atoms. The third kappa shape index (κ3) is 0.885. The highest BCUT2D eigenvalue weighted by Gasteiger charge is 2.38. The monoisotopic (exact) mass is 148 g/mol. The van der Waals surface area contributed by atoms with Crippen LogP contribution in [-0.4, -0.2) is 0 Å². The van der Waals surface area contributed by atoms with Gasteiger partial charge >= 0.3 is 0 Å². The van der Waals surface area contributed by atoms with Crippen molar-refractivity contribution >= 4 is 0 Å². The maximum atomic E-state index is 2.32. The van der Waals surface area contributed by atoms with Crippen LogP contribution in [0.25, 0.3) is 0 Å². The second kappa shape index (κ2) is 2.51. The molecule has 0 N–H and O–H groups in total. The second-order valence-electron chi connectivity index (χ2n) is 3.69. The molecule has 0 saturated heterocycles. The number of fused-ring (bicyclic) bond motifs is 2. The molecule has 2 aliphatic carbocycles. The first-order valence-corrected chi connectivity index (χ1v) is 4.69. The molecule has 0 aromatic rings. The molecule has 0 aromatic heterocycles. The topological polar surface area (TPSA) is 0 Å². The van der Waals surface area contributed by atoms with Crippen LogP contribution in [0.1, 0.15) is 33.1 Å². The molecule has 2 saturated carbocycles. The van der Waals surface area contributed by atoms with E-state index in [1.165, 1.54) is 19.3 Å². The van der Waals surface area contributed by atoms with Gasteiger partial charge in [0.1, 0.15) is 0 Å². The maximum Gasteiger partial charge on any atom is -0.0156 e. The Morgan fingerprint density at radius 3 is 1.82 bits per heavy atom. The molecule has 11 heavy (non-hydrogen) atoms. The lowest BCUT2D eigenvalue weighted by molar-refractivity contribution is 0.652. The number of rotatable bonds is 0. The van der Waals surface area contributed by atoms with Crippen LogP contribution in [-0.2, 0) is 0 Å². The van der Waals surface area contributed by atoms with Crippen LogP contribution in [0.3, 0.4) is 0 Å². The standard InChI is InChI=1S/C11H16/c1-3-10-8-5-6-9(7-8)11(10)4-2/h3-4,8-9H,5-7H2,1-2H3/b10-3+,11-4+. The van der Waals surface area contributed by atoms with E-state index in [0.717, 1.165) is 11.8 Å². The van der Waals surface area contributed by atoms with Crippen LogP contribution in [0.4, 0.5) is 0 Å². The molecule has 2 unspecified atom stereocenters. The molecule has 2 bridgehead atoms. The molecule has 0 aromatic carbocycles. The summed E-state index contributed by atoms with van der Waals surface area (Å²) >= 11 is 0. The van der Waals surface area contributed by atoms with Crippen LogP contribution in [0.5, 0.6) is 0 Å². The molecule has 60 valence electrons. The van der Waals surface area contributed by atoms with Gasteiger partial charge in [-0.1, -0.05) is 12.2 Å². The van der Waals surface area contributed by atoms with Crippen molar-refractivity contribution in [2.45, 2.75) is 33.1 Å². The van der Waals surface area contributed by atoms with Crippen LogP contribution in [0.15, 0.2) is 23.3 Å². The molecule has 0 aliphatic heterocycles. The van der Waals surface area contributed by atoms with E-state index in [9.17, 15) is 0 Å². The van der Waals surface area contributed by atoms with Crippen molar-refractivity contribution in [3.63, 3.8) is 0 Å². The quantitative estimate of drug-likeness (QED) is 0.494. The van der Waals surface area contributed by atoms with E-state index in [-0.39, 0.29) is 0 Å². The molecule has 2 atom stereocenters. The minimum Gasteiger partial charge on any atom is -0.0839 e. The molecule has 0 heterocycles. The lowest BCUT2D eigenvalue weighted by Crippen LogP contribution is -2.01. The number of allylic oxidation sites excluding steroid dienone is 4. The summed E-state index contributed by atoms with van der Waals surface area (Å²) in [7, 11) is 0. The molecule has 0 heteroatoms. The summed E-state index contributed by atoms with van der Waals surface area (Å²) in [5.74, 6) is 1.85. The van der Waals surface area contributed by atoms with Crippen molar-refractivity contribution in [1.82, 2.24) is 0 Å². The smallest absolute Gasteiger partial charge is 0.0156 e. The molecule has 2 fully saturated rings. The third-order valence-electron chi connectivity index (χ3n) is 3.27. The molecule has 2 aliphatic rings. The van der Waals surface area contributed by atoms with Crippen LogP contribution < -0.4 is 0 Å². The Morgan fingerprint density at radius 1 is 1.00 bits per heavy atom. The Kier molecular flexibility index (Phi) is 1.63. The highest BCUT2D eigenvalue weighted by Crippen LogP contribution is 2.51. The first-order chi connectivity index (χ1) is 5.36. The summed E-state index contributed by atoms with van der Waals surface area (Å²) in [6, 6.07) is 0. The first-order valence-electron chi connectivity index (χ1n) is 4.69. The SMILES string of the molecule is C/C=C1/C(=C/C)C2CCC1C2. The van der Waals surface area contributed by atoms with Gasteiger partial charge in [0.15, 0.2) is 0 Å². The van der Waals surface area contributed by atoms with Gasteiger partial charge in [0.2, 0.25) is 0 Å². The van der Waals surface area contributed by atoms with Crippen molar-refractivity contribution in [2.75, 3.05) is 0 Å². The fourth-order valence-electron chi connectivity index (χ4n) is 2.82. The number of hydrogen-bond donors (Lipinski definition) is 0. The fourth-order valence-corrected chi connectivity index (χ4v) is 2.82. The first kappa shape index (κ1) is 7.15. The summed E-state index contributed by atoms with van der Waals surface area (Å²) < 4.78 is 0. The van der Waals surface area contributed by atoms with E-state index >= 15 is 0 Å². The van der Waals surface area contributed by atoms with E-state index in [2.05, 4.69) is 26.0 Å². The molecule has 0 radical (unpaired) electrons. The Balaban J connectivity index is 2.35. The van der Waals surface area contributed by atoms with Gasteiger partial charge in [-0.3, -0.25) is 0 Å². The molecular weight excluding hydrogens is 132 g/mol. The molecule has 2 rings (SSSR count). The summed E-state index contributed by atoms with van der Waals surface area (Å²) in [5.41, 5.74) is 3.31. The average Bonchev–Trinajstić information content (AvgIpc) is 2.60. The van der Waals surface area contributed by atoms with Crippen molar-refractivity contribution in [3.05, 3.63) is 23.3 Å². The minimum absolute atomic E-state index is 0.927. The zero-order chi connectivity index (χ0) is 7.84. The van der Waals surface area contributed by atoms with E-state index in [1.54, 1.807) is 11.1 Å². The third-order valence-corrected chi connectivity index (χ3v) is 3.27. The lowest BCUT2D eigenvalue weighted by atomic mass is 9.89. The molecular formula is C11H16. The highest BCUT2D eigenvalue weighted by atomic mass is 14.4. The lowest BCUT2D eigenvalue weighted by Gasteiger charge is -2.16. The minimum atomic E-state index is 0.927. The van der Waals surface area contributed by atoms with Gasteiger partial charge in [-0.05, 0) is 56.1 Å². The Morgan fingerprint density at radius 2 is 1.45 bits per heavy atom. The van der Waals surface area contributed by atoms with Crippen LogP contribution >= 0.6 is 0 Å². The van der Waals surface area contributed by atoms with Crippen molar-refractivity contribution in [2.24, 2.45) is 11.8 Å². The number of hydrogen-bond acceptors (Lipinski definition) is 0. The largest absolute Gasteiger partial charge is 0.0839 e. The van der Waals surface area contributed by atoms with Gasteiger partial charge in [0, 0.05) is 0 Å². The Hall–Kier alpha value is -0.520. The Bertz CT molecular complexity index is 196. The molecule has 0 nitrogen and oxygen atoms in total. The van der Waals surface area contributed by atoms with Crippen molar-refractivity contribution in [3.8, 4) is 0 Å². The normalized spacial score (nSPS) is 42.7. The van der Waals surface area contributed by atoms with E-state index in [0.29, 0.717) is 0 Å². The van der Waals surface area contributed by atoms with Gasteiger partial charge in [-0.25, -0.2) is 0 Å². The van der Waals surface area contributed by atoms with Gasteiger partial charge < -0.3 is 0 Å². The van der Waals surface area contributed by atoms with E-state index in [1.807, 2.05) is 0 Å². The van der Waals surface area contributed by atoms with Gasteiger partial charge in [0.05, 0.1) is 0 Å². The van der Waals surface area contributed by atoms with Gasteiger partial charge in [-0.15, -0.1) is 0 Å². The average molecular weight is 148 g/mol. The predicted molar refractivity (Wildman–Crippen MR) is 48.3 cm³/mol. The maximum absolute atomic E-state index is 2.32. The second-order valence-corrected chi connectivity index (χ2v) is 3.69. The fraction of sp³-hybridized carbons (Fsp3) is 0.636. The zero-order valence-corrected chi connectivity index (χ0v) is 7.43. The zero-order valence-electron chi connectivity index (χ0n) is 7.43. The van der Waals surface area contributed by atoms with Crippen molar-refractivity contribution < 1.29 is 0 Å². The molecule has 0 amide bonds. The summed E-state index contributed by atoms with van der Waals surface area (Å²) in [5, 5.41) is 0. The van der Waals surface area contributed by atoms with E-state index in [4.69, 9.17) is 0 Å². The summed E-state index contributed by atoms with van der Waals surface area (Å²) in [6.45, 7) is 4.36. The van der Waals surface area contributed by atoms with Crippen LogP contribution in [0, 0.1) is 11.8 Å². The Labute approximate surface area is 69.0 Å². The summed E-state index contributed by atoms with van der Waals surface area (Å²) in [4.78, 5) is 0. The van der Waals surface area contributed by atoms with Crippen molar-refractivity contribution in [1.29, 1.82) is 0 Å². The highest BCUT2D eigenvalue weighted by molar-refractivity contribution is 5.41. The summed E-state index contributed by atoms with van der Waals surface area (Å²) in [6.07, 6.45) is 8.97.